The van der Waals surface area contributed by atoms with Crippen LogP contribution in [0.4, 0.5) is 0 Å². The molecule has 2 rings (SSSR count). The molecule has 2 aromatic rings. The Morgan fingerprint density at radius 2 is 2.21 bits per heavy atom. The van der Waals surface area contributed by atoms with Crippen molar-refractivity contribution in [3.05, 3.63) is 45.4 Å². The van der Waals surface area contributed by atoms with E-state index < -0.39 is 0 Å². The van der Waals surface area contributed by atoms with Crippen LogP contribution < -0.4 is 0 Å². The third-order valence-electron chi connectivity index (χ3n) is 2.71. The van der Waals surface area contributed by atoms with Gasteiger partial charge in [-0.05, 0) is 41.9 Å². The molecule has 0 unspecified atom stereocenters. The quantitative estimate of drug-likeness (QED) is 0.796. The van der Waals surface area contributed by atoms with E-state index in [1.54, 1.807) is 22.9 Å². The number of carbonyl (C=O) groups is 1. The number of carbonyl (C=O) groups excluding carboxylic acids is 1. The number of Topliss-reactive ketones (excluding diaryl/α,β-unsaturated/α-hetero) is 1. The van der Waals surface area contributed by atoms with Crippen LogP contribution >= 0.6 is 27.5 Å². The Morgan fingerprint density at radius 3 is 2.89 bits per heavy atom. The predicted octanol–water partition coefficient (Wildman–Crippen LogP) is 3.70. The van der Waals surface area contributed by atoms with Gasteiger partial charge in [0.15, 0.2) is 5.78 Å². The van der Waals surface area contributed by atoms with E-state index in [0.717, 1.165) is 0 Å². The summed E-state index contributed by atoms with van der Waals surface area (Å²) in [6.45, 7) is 3.99. The SMILES string of the molecule is CC(C)n1ncnc1CC(=O)c1cccc(Br)c1Cl. The van der Waals surface area contributed by atoms with E-state index in [0.29, 0.717) is 20.9 Å². The van der Waals surface area contributed by atoms with Crippen LogP contribution in [0.25, 0.3) is 0 Å². The van der Waals surface area contributed by atoms with Crippen molar-refractivity contribution in [3.63, 3.8) is 0 Å². The van der Waals surface area contributed by atoms with E-state index in [4.69, 9.17) is 11.6 Å². The summed E-state index contributed by atoms with van der Waals surface area (Å²) in [4.78, 5) is 16.4. The molecular weight excluding hydrogens is 330 g/mol. The molecule has 100 valence electrons. The highest BCUT2D eigenvalue weighted by Gasteiger charge is 2.17. The molecule has 0 bridgehead atoms. The fraction of sp³-hybridized carbons (Fsp3) is 0.308. The fourth-order valence-corrected chi connectivity index (χ4v) is 2.39. The highest BCUT2D eigenvalue weighted by molar-refractivity contribution is 9.10. The molecule has 0 N–H and O–H groups in total. The highest BCUT2D eigenvalue weighted by atomic mass is 79.9. The maximum Gasteiger partial charge on any atom is 0.171 e. The van der Waals surface area contributed by atoms with Gasteiger partial charge in [-0.1, -0.05) is 17.7 Å². The summed E-state index contributed by atoms with van der Waals surface area (Å²) in [7, 11) is 0. The Bertz CT molecular complexity index is 610. The summed E-state index contributed by atoms with van der Waals surface area (Å²) >= 11 is 9.43. The second-order valence-corrected chi connectivity index (χ2v) is 5.65. The summed E-state index contributed by atoms with van der Waals surface area (Å²) < 4.78 is 2.45. The van der Waals surface area contributed by atoms with Gasteiger partial charge in [-0.2, -0.15) is 5.10 Å². The van der Waals surface area contributed by atoms with Crippen LogP contribution in [-0.2, 0) is 6.42 Å². The molecule has 4 nitrogen and oxygen atoms in total. The summed E-state index contributed by atoms with van der Waals surface area (Å²) in [6.07, 6.45) is 1.65. The number of hydrogen-bond acceptors (Lipinski definition) is 3. The van der Waals surface area contributed by atoms with Crippen LogP contribution in [0.3, 0.4) is 0 Å². The van der Waals surface area contributed by atoms with Gasteiger partial charge in [0, 0.05) is 16.1 Å². The predicted molar refractivity (Wildman–Crippen MR) is 77.6 cm³/mol. The Kier molecular flexibility index (Phi) is 4.37. The minimum atomic E-state index is -0.0683. The molecule has 1 heterocycles. The standard InChI is InChI=1S/C13H13BrClN3O/c1-8(2)18-12(16-7-17-18)6-11(19)9-4-3-5-10(14)13(9)15/h3-5,7-8H,6H2,1-2H3. The maximum atomic E-state index is 12.3. The minimum absolute atomic E-state index is 0.0683. The molecule has 0 atom stereocenters. The van der Waals surface area contributed by atoms with Crippen molar-refractivity contribution < 1.29 is 4.79 Å². The van der Waals surface area contributed by atoms with Gasteiger partial charge in [-0.3, -0.25) is 4.79 Å². The lowest BCUT2D eigenvalue weighted by Gasteiger charge is -2.09. The smallest absolute Gasteiger partial charge is 0.171 e. The zero-order valence-corrected chi connectivity index (χ0v) is 12.9. The highest BCUT2D eigenvalue weighted by Crippen LogP contribution is 2.27. The van der Waals surface area contributed by atoms with E-state index in [-0.39, 0.29) is 18.2 Å². The molecular formula is C13H13BrClN3O. The van der Waals surface area contributed by atoms with Crippen LogP contribution in [0.1, 0.15) is 36.1 Å². The molecule has 0 aliphatic carbocycles. The van der Waals surface area contributed by atoms with Crippen LogP contribution in [0.2, 0.25) is 5.02 Å². The van der Waals surface area contributed by atoms with Crippen LogP contribution in [-0.4, -0.2) is 20.5 Å². The molecule has 1 aromatic carbocycles. The number of nitrogens with zero attached hydrogens (tertiary/aromatic N) is 3. The van der Waals surface area contributed by atoms with Gasteiger partial charge in [-0.15, -0.1) is 0 Å². The van der Waals surface area contributed by atoms with E-state index in [9.17, 15) is 4.79 Å². The molecule has 19 heavy (non-hydrogen) atoms. The summed E-state index contributed by atoms with van der Waals surface area (Å²) in [5.41, 5.74) is 0.495. The van der Waals surface area contributed by atoms with Crippen LogP contribution in [0.15, 0.2) is 29.0 Å². The van der Waals surface area contributed by atoms with Crippen LogP contribution in [0.5, 0.6) is 0 Å². The van der Waals surface area contributed by atoms with Crippen molar-refractivity contribution in [2.45, 2.75) is 26.3 Å². The lowest BCUT2D eigenvalue weighted by Crippen LogP contribution is -2.13. The molecule has 1 aromatic heterocycles. The first-order valence-corrected chi connectivity index (χ1v) is 7.03. The van der Waals surface area contributed by atoms with Gasteiger partial charge in [-0.25, -0.2) is 9.67 Å². The molecule has 0 spiro atoms. The van der Waals surface area contributed by atoms with Gasteiger partial charge in [0.25, 0.3) is 0 Å². The Labute approximate surface area is 124 Å². The summed E-state index contributed by atoms with van der Waals surface area (Å²) in [5.74, 6) is 0.581. The van der Waals surface area contributed by atoms with Crippen molar-refractivity contribution in [1.82, 2.24) is 14.8 Å². The van der Waals surface area contributed by atoms with Crippen molar-refractivity contribution in [2.24, 2.45) is 0 Å². The second kappa shape index (κ2) is 5.84. The van der Waals surface area contributed by atoms with Gasteiger partial charge in [0.05, 0.1) is 11.4 Å². The molecule has 0 fully saturated rings. The number of ketones is 1. The van der Waals surface area contributed by atoms with Crippen molar-refractivity contribution in [1.29, 1.82) is 0 Å². The van der Waals surface area contributed by atoms with E-state index in [1.807, 2.05) is 13.8 Å². The van der Waals surface area contributed by atoms with Gasteiger partial charge in [0.2, 0.25) is 0 Å². The number of aromatic nitrogens is 3. The van der Waals surface area contributed by atoms with E-state index >= 15 is 0 Å². The average Bonchev–Trinajstić information content (AvgIpc) is 2.80. The first-order chi connectivity index (χ1) is 9.00. The maximum absolute atomic E-state index is 12.3. The monoisotopic (exact) mass is 341 g/mol. The second-order valence-electron chi connectivity index (χ2n) is 4.42. The van der Waals surface area contributed by atoms with E-state index in [1.165, 1.54) is 6.33 Å². The molecule has 0 radical (unpaired) electrons. The van der Waals surface area contributed by atoms with Gasteiger partial charge in [0.1, 0.15) is 12.2 Å². The number of hydrogen-bond donors (Lipinski definition) is 0. The number of benzene rings is 1. The van der Waals surface area contributed by atoms with Crippen molar-refractivity contribution >= 4 is 33.3 Å². The average molecular weight is 343 g/mol. The number of halogens is 2. The molecule has 0 saturated heterocycles. The minimum Gasteiger partial charge on any atom is -0.294 e. The first kappa shape index (κ1) is 14.2. The molecule has 6 heteroatoms. The van der Waals surface area contributed by atoms with Crippen LogP contribution in [0, 0.1) is 0 Å². The van der Waals surface area contributed by atoms with Crippen molar-refractivity contribution in [3.8, 4) is 0 Å². The lowest BCUT2D eigenvalue weighted by atomic mass is 10.1. The summed E-state index contributed by atoms with van der Waals surface area (Å²) in [6, 6.07) is 5.47. The topological polar surface area (TPSA) is 47.8 Å². The molecule has 0 aliphatic rings. The van der Waals surface area contributed by atoms with Crippen molar-refractivity contribution in [2.75, 3.05) is 0 Å². The summed E-state index contributed by atoms with van der Waals surface area (Å²) in [5, 5.41) is 4.55. The molecule has 0 aliphatic heterocycles. The Hall–Kier alpha value is -1.20. The normalized spacial score (nSPS) is 11.0. The first-order valence-electron chi connectivity index (χ1n) is 5.86. The molecule has 0 saturated carbocycles. The Balaban J connectivity index is 2.26. The third-order valence-corrected chi connectivity index (χ3v) is 4.00. The molecule has 0 amide bonds. The fourth-order valence-electron chi connectivity index (χ4n) is 1.79. The largest absolute Gasteiger partial charge is 0.294 e. The van der Waals surface area contributed by atoms with Gasteiger partial charge >= 0.3 is 0 Å². The Morgan fingerprint density at radius 1 is 1.47 bits per heavy atom. The third kappa shape index (κ3) is 3.04. The zero-order valence-electron chi connectivity index (χ0n) is 10.6. The lowest BCUT2D eigenvalue weighted by molar-refractivity contribution is 0.0989. The number of rotatable bonds is 4. The van der Waals surface area contributed by atoms with E-state index in [2.05, 4.69) is 26.0 Å². The zero-order chi connectivity index (χ0) is 14.0. The van der Waals surface area contributed by atoms with Gasteiger partial charge < -0.3 is 0 Å².